The van der Waals surface area contributed by atoms with E-state index in [9.17, 15) is 4.79 Å². The summed E-state index contributed by atoms with van der Waals surface area (Å²) in [5, 5.41) is 1.49. The molecule has 1 aliphatic carbocycles. The van der Waals surface area contributed by atoms with Gasteiger partial charge in [0.1, 0.15) is 30.2 Å². The molecule has 0 aromatic heterocycles. The summed E-state index contributed by atoms with van der Waals surface area (Å²) in [5.41, 5.74) is 2.96. The molecule has 7 rings (SSSR count). The highest BCUT2D eigenvalue weighted by molar-refractivity contribution is 6.16. The minimum atomic E-state index is -0.897. The third-order valence-electron chi connectivity index (χ3n) is 8.67. The van der Waals surface area contributed by atoms with Crippen molar-refractivity contribution < 1.29 is 52.2 Å². The van der Waals surface area contributed by atoms with Crippen molar-refractivity contribution in [2.24, 2.45) is 0 Å². The molecule has 0 bridgehead atoms. The predicted molar refractivity (Wildman–Crippen MR) is 157 cm³/mol. The molecule has 0 amide bonds. The minimum absolute atomic E-state index is 0.0219. The lowest BCUT2D eigenvalue weighted by Crippen LogP contribution is -2.59. The van der Waals surface area contributed by atoms with Crippen LogP contribution in [0.1, 0.15) is 36.2 Å². The Morgan fingerprint density at radius 3 is 2.32 bits per heavy atom. The van der Waals surface area contributed by atoms with Crippen LogP contribution in [0.3, 0.4) is 0 Å². The highest BCUT2D eigenvalue weighted by Crippen LogP contribution is 2.50. The molecule has 3 heterocycles. The van der Waals surface area contributed by atoms with E-state index in [2.05, 4.69) is 0 Å². The normalized spacial score (nSPS) is 26.5. The molecule has 234 valence electrons. The number of hydrogen-bond acceptors (Lipinski definition) is 11. The van der Waals surface area contributed by atoms with Crippen LogP contribution in [-0.2, 0) is 30.1 Å². The summed E-state index contributed by atoms with van der Waals surface area (Å²) in [6.45, 7) is 4.13. The number of ketones is 1. The van der Waals surface area contributed by atoms with Crippen LogP contribution in [0.25, 0.3) is 21.9 Å². The molecule has 0 saturated carbocycles. The Bertz CT molecular complexity index is 1620. The maximum absolute atomic E-state index is 13.7. The van der Waals surface area contributed by atoms with Crippen LogP contribution in [0.2, 0.25) is 0 Å². The van der Waals surface area contributed by atoms with Gasteiger partial charge in [-0.15, -0.1) is 0 Å². The van der Waals surface area contributed by atoms with Gasteiger partial charge < -0.3 is 47.4 Å². The third-order valence-corrected chi connectivity index (χ3v) is 8.67. The van der Waals surface area contributed by atoms with Crippen molar-refractivity contribution in [1.82, 2.24) is 0 Å². The molecular formula is C33H36O11. The van der Waals surface area contributed by atoms with Gasteiger partial charge in [-0.1, -0.05) is 6.07 Å². The van der Waals surface area contributed by atoms with Gasteiger partial charge in [0.15, 0.2) is 34.6 Å². The topological polar surface area (TPSA) is 109 Å². The van der Waals surface area contributed by atoms with Crippen LogP contribution >= 0.6 is 0 Å². The van der Waals surface area contributed by atoms with Crippen LogP contribution in [0.5, 0.6) is 28.7 Å². The Hall–Kier alpha value is -3.61. The first-order valence-electron chi connectivity index (χ1n) is 14.6. The first-order chi connectivity index (χ1) is 21.3. The Kier molecular flexibility index (Phi) is 7.33. The Labute approximate surface area is 255 Å². The maximum atomic E-state index is 13.7. The first-order valence-corrected chi connectivity index (χ1v) is 14.6. The number of Topliss-reactive ketones (excluding diaryl/α,β-unsaturated/α-hetero) is 1. The molecule has 0 N–H and O–H groups in total. The zero-order valence-electron chi connectivity index (χ0n) is 25.6. The monoisotopic (exact) mass is 608 g/mol. The molecule has 3 aromatic rings. The van der Waals surface area contributed by atoms with Crippen molar-refractivity contribution in [3.8, 4) is 39.9 Å². The van der Waals surface area contributed by atoms with Crippen molar-refractivity contribution in [1.29, 1.82) is 0 Å². The fraction of sp³-hybridized carbons (Fsp3) is 0.485. The zero-order valence-corrected chi connectivity index (χ0v) is 25.6. The second-order valence-electron chi connectivity index (χ2n) is 11.7. The lowest BCUT2D eigenvalue weighted by atomic mass is 9.89. The van der Waals surface area contributed by atoms with Crippen molar-refractivity contribution >= 4 is 16.6 Å². The summed E-state index contributed by atoms with van der Waals surface area (Å²) in [7, 11) is 6.36. The van der Waals surface area contributed by atoms with E-state index in [1.54, 1.807) is 28.4 Å². The van der Waals surface area contributed by atoms with Crippen molar-refractivity contribution in [3.05, 3.63) is 41.5 Å². The van der Waals surface area contributed by atoms with Crippen molar-refractivity contribution in [2.75, 3.05) is 41.8 Å². The SMILES string of the molecule is COCC1OC(Oc2c3c(c(-c4ccc5c(c4)OCO5)c4cc(OC)c(OC)cc24)C(=O)CC3)C(OC)C2OC(C)(C)OC12. The molecule has 2 saturated heterocycles. The fourth-order valence-corrected chi connectivity index (χ4v) is 6.83. The molecule has 4 aliphatic rings. The van der Waals surface area contributed by atoms with Crippen molar-refractivity contribution in [2.45, 2.75) is 63.2 Å². The third kappa shape index (κ3) is 4.65. The molecule has 0 spiro atoms. The number of carbonyl (C=O) groups is 1. The number of ether oxygens (including phenoxy) is 10. The van der Waals surface area contributed by atoms with E-state index >= 15 is 0 Å². The van der Waals surface area contributed by atoms with Crippen LogP contribution in [0, 0.1) is 0 Å². The summed E-state index contributed by atoms with van der Waals surface area (Å²) in [5.74, 6) is 2.02. The summed E-state index contributed by atoms with van der Waals surface area (Å²) in [4.78, 5) is 13.7. The highest BCUT2D eigenvalue weighted by Gasteiger charge is 2.56. The first kappa shape index (κ1) is 29.1. The maximum Gasteiger partial charge on any atom is 0.231 e. The quantitative estimate of drug-likeness (QED) is 0.356. The lowest BCUT2D eigenvalue weighted by Gasteiger charge is -2.41. The highest BCUT2D eigenvalue weighted by atomic mass is 16.8. The van der Waals surface area contributed by atoms with Crippen LogP contribution in [0.15, 0.2) is 30.3 Å². The van der Waals surface area contributed by atoms with E-state index in [-0.39, 0.29) is 19.2 Å². The standard InChI is InChI=1S/C33H36O11/c1-33(2)43-29-25(14-35-3)41-32(31(38-6)30(29)44-33)42-28-17-8-9-20(34)27(17)26(16-7-10-21-24(11-16)40-15-39-21)18-12-22(36-4)23(37-5)13-19(18)28/h7,10-13,25,29-32H,8-9,14-15H2,1-6H3. The molecular weight excluding hydrogens is 572 g/mol. The van der Waals surface area contributed by atoms with Crippen molar-refractivity contribution in [3.63, 3.8) is 0 Å². The van der Waals surface area contributed by atoms with E-state index < -0.39 is 36.5 Å². The fourth-order valence-electron chi connectivity index (χ4n) is 6.83. The molecule has 5 atom stereocenters. The van der Waals surface area contributed by atoms with Gasteiger partial charge in [0.2, 0.25) is 13.1 Å². The number of benzene rings is 3. The molecule has 5 unspecified atom stereocenters. The van der Waals surface area contributed by atoms with E-state index in [0.717, 1.165) is 27.5 Å². The van der Waals surface area contributed by atoms with E-state index in [1.165, 1.54) is 0 Å². The van der Waals surface area contributed by atoms with Gasteiger partial charge >= 0.3 is 0 Å². The van der Waals surface area contributed by atoms with E-state index in [1.807, 2.05) is 44.2 Å². The van der Waals surface area contributed by atoms with Gasteiger partial charge in [-0.05, 0) is 55.5 Å². The van der Waals surface area contributed by atoms with Crippen LogP contribution < -0.4 is 23.7 Å². The molecule has 3 aromatic carbocycles. The Morgan fingerprint density at radius 2 is 1.59 bits per heavy atom. The van der Waals surface area contributed by atoms with Crippen LogP contribution in [0.4, 0.5) is 0 Å². The Balaban J connectivity index is 1.42. The summed E-state index contributed by atoms with van der Waals surface area (Å²) < 4.78 is 59.9. The number of hydrogen-bond donors (Lipinski definition) is 0. The average Bonchev–Trinajstić information content (AvgIpc) is 3.72. The number of fused-ring (bicyclic) bond motifs is 4. The van der Waals surface area contributed by atoms with Crippen LogP contribution in [-0.4, -0.2) is 84.1 Å². The van der Waals surface area contributed by atoms with Gasteiger partial charge in [-0.2, -0.15) is 0 Å². The van der Waals surface area contributed by atoms with Gasteiger partial charge in [-0.25, -0.2) is 0 Å². The zero-order chi connectivity index (χ0) is 30.7. The average molecular weight is 609 g/mol. The second kappa shape index (κ2) is 11.1. The van der Waals surface area contributed by atoms with E-state index in [4.69, 9.17) is 47.4 Å². The molecule has 0 radical (unpaired) electrons. The number of rotatable bonds is 8. The minimum Gasteiger partial charge on any atom is -0.493 e. The molecule has 2 fully saturated rings. The molecule has 11 nitrogen and oxygen atoms in total. The molecule has 44 heavy (non-hydrogen) atoms. The predicted octanol–water partition coefficient (Wildman–Crippen LogP) is 4.67. The van der Waals surface area contributed by atoms with Gasteiger partial charge in [0, 0.05) is 42.7 Å². The second-order valence-corrected chi connectivity index (χ2v) is 11.7. The lowest BCUT2D eigenvalue weighted by molar-refractivity contribution is -0.261. The largest absolute Gasteiger partial charge is 0.493 e. The van der Waals surface area contributed by atoms with Gasteiger partial charge in [0.25, 0.3) is 0 Å². The smallest absolute Gasteiger partial charge is 0.231 e. The van der Waals surface area contributed by atoms with Gasteiger partial charge in [0.05, 0.1) is 20.8 Å². The van der Waals surface area contributed by atoms with Gasteiger partial charge in [-0.3, -0.25) is 4.79 Å². The Morgan fingerprint density at radius 1 is 0.864 bits per heavy atom. The van der Waals surface area contributed by atoms with E-state index in [0.29, 0.717) is 47.2 Å². The molecule has 3 aliphatic heterocycles. The number of carbonyl (C=O) groups excluding carboxylic acids is 1. The molecule has 11 heteroatoms. The summed E-state index contributed by atoms with van der Waals surface area (Å²) in [6, 6.07) is 9.45. The summed E-state index contributed by atoms with van der Waals surface area (Å²) >= 11 is 0. The number of methoxy groups -OCH3 is 4. The summed E-state index contributed by atoms with van der Waals surface area (Å²) in [6.07, 6.45) is -2.07.